The second-order valence-corrected chi connectivity index (χ2v) is 9.10. The maximum Gasteiger partial charge on any atom is 0.225 e. The van der Waals surface area contributed by atoms with Crippen LogP contribution in [0.15, 0.2) is 18.3 Å². The summed E-state index contributed by atoms with van der Waals surface area (Å²) < 4.78 is 35.4. The lowest BCUT2D eigenvalue weighted by Gasteiger charge is -2.29. The van der Waals surface area contributed by atoms with E-state index < -0.39 is 11.6 Å². The average molecular weight is 492 g/mol. The van der Waals surface area contributed by atoms with Crippen molar-refractivity contribution in [2.24, 2.45) is 11.7 Å². The smallest absolute Gasteiger partial charge is 0.225 e. The summed E-state index contributed by atoms with van der Waals surface area (Å²) in [7, 11) is 0. The van der Waals surface area contributed by atoms with Gasteiger partial charge < -0.3 is 21.1 Å². The Bertz CT molecular complexity index is 1200. The van der Waals surface area contributed by atoms with Crippen molar-refractivity contribution in [3.05, 3.63) is 35.0 Å². The molecule has 1 aromatic carbocycles. The molecule has 1 aliphatic carbocycles. The number of amides is 1. The number of hydrogen-bond donors (Lipinski definition) is 3. The number of ether oxygens (including phenoxy) is 1. The minimum absolute atomic E-state index is 0.0667. The fourth-order valence-electron chi connectivity index (χ4n) is 4.62. The molecule has 9 nitrogen and oxygen atoms in total. The van der Waals surface area contributed by atoms with Gasteiger partial charge in [0, 0.05) is 24.6 Å². The van der Waals surface area contributed by atoms with Crippen molar-refractivity contribution >= 4 is 46.3 Å². The zero-order valence-corrected chi connectivity index (χ0v) is 19.0. The molecule has 3 aromatic rings. The monoisotopic (exact) mass is 491 g/mol. The molecular formula is C22H24ClF2N7O2. The minimum Gasteiger partial charge on any atom is -0.379 e. The van der Waals surface area contributed by atoms with Crippen LogP contribution in [0, 0.1) is 17.6 Å². The van der Waals surface area contributed by atoms with Gasteiger partial charge in [-0.15, -0.1) is 0 Å². The Hall–Kier alpha value is -3.05. The van der Waals surface area contributed by atoms with Gasteiger partial charge in [0.2, 0.25) is 17.8 Å². The summed E-state index contributed by atoms with van der Waals surface area (Å²) in [5.41, 5.74) is 6.48. The summed E-state index contributed by atoms with van der Waals surface area (Å²) in [6.07, 6.45) is 5.03. The van der Waals surface area contributed by atoms with E-state index in [0.717, 1.165) is 18.6 Å². The van der Waals surface area contributed by atoms with Gasteiger partial charge in [0.15, 0.2) is 11.5 Å². The maximum absolute atomic E-state index is 14.5. The van der Waals surface area contributed by atoms with Gasteiger partial charge in [-0.3, -0.25) is 9.36 Å². The summed E-state index contributed by atoms with van der Waals surface area (Å²) in [5, 5.41) is 6.10. The molecule has 0 unspecified atom stereocenters. The zero-order chi connectivity index (χ0) is 23.8. The van der Waals surface area contributed by atoms with Gasteiger partial charge in [-0.05, 0) is 38.2 Å². The van der Waals surface area contributed by atoms with E-state index in [-0.39, 0.29) is 34.6 Å². The average Bonchev–Trinajstić information content (AvgIpc) is 3.43. The number of rotatable bonds is 6. The largest absolute Gasteiger partial charge is 0.379 e. The van der Waals surface area contributed by atoms with Crippen molar-refractivity contribution in [2.45, 2.75) is 44.2 Å². The summed E-state index contributed by atoms with van der Waals surface area (Å²) >= 11 is 6.12. The van der Waals surface area contributed by atoms with Crippen LogP contribution in [-0.2, 0) is 9.53 Å². The van der Waals surface area contributed by atoms with Crippen LogP contribution in [0.1, 0.15) is 38.1 Å². The standard InChI is InChI=1S/C22H24ClF2N7O2/c23-15-7-12(24)8-16(25)18(15)30-22-29-17-9-27-21(28-13-5-6-34-10-13)31-20(17)32(22)14-3-1-11(2-4-14)19(26)33/h7-9,11,13-14H,1-6,10H2,(H2,26,33)(H,29,30)(H,27,28,31)/t11?,13-,14?/m1/s1. The molecule has 2 fully saturated rings. The lowest BCUT2D eigenvalue weighted by atomic mass is 9.85. The predicted octanol–water partition coefficient (Wildman–Crippen LogP) is 3.92. The molecular weight excluding hydrogens is 468 g/mol. The SMILES string of the molecule is NC(=O)C1CCC(n2c(Nc3c(F)cc(F)cc3Cl)nc3cnc(N[C@@H]4CCOC4)nc32)CC1. The molecule has 1 aliphatic heterocycles. The number of halogens is 3. The minimum atomic E-state index is -0.837. The summed E-state index contributed by atoms with van der Waals surface area (Å²) in [6.45, 7) is 1.26. The maximum atomic E-state index is 14.5. The van der Waals surface area contributed by atoms with E-state index in [4.69, 9.17) is 27.1 Å². The van der Waals surface area contributed by atoms with E-state index in [2.05, 4.69) is 20.6 Å². The summed E-state index contributed by atoms with van der Waals surface area (Å²) in [5.74, 6) is -1.35. The van der Waals surface area contributed by atoms with E-state index in [1.54, 1.807) is 6.20 Å². The number of benzene rings is 1. The normalized spacial score (nSPS) is 22.7. The molecule has 0 spiro atoms. The number of carbonyl (C=O) groups is 1. The molecule has 2 aromatic heterocycles. The lowest BCUT2D eigenvalue weighted by Crippen LogP contribution is -2.29. The Balaban J connectivity index is 1.54. The van der Waals surface area contributed by atoms with Crippen molar-refractivity contribution in [1.82, 2.24) is 19.5 Å². The number of primary amides is 1. The van der Waals surface area contributed by atoms with Gasteiger partial charge in [0.05, 0.1) is 29.6 Å². The van der Waals surface area contributed by atoms with E-state index in [1.165, 1.54) is 0 Å². The van der Waals surface area contributed by atoms with Crippen molar-refractivity contribution in [3.63, 3.8) is 0 Å². The van der Waals surface area contributed by atoms with Crippen molar-refractivity contribution in [2.75, 3.05) is 23.8 Å². The van der Waals surface area contributed by atoms with Crippen molar-refractivity contribution < 1.29 is 18.3 Å². The van der Waals surface area contributed by atoms with Gasteiger partial charge in [-0.25, -0.2) is 18.7 Å². The lowest BCUT2D eigenvalue weighted by molar-refractivity contribution is -0.122. The molecule has 1 saturated carbocycles. The third kappa shape index (κ3) is 4.49. The van der Waals surface area contributed by atoms with Crippen LogP contribution in [0.3, 0.4) is 0 Å². The third-order valence-corrected chi connectivity index (χ3v) is 6.70. The van der Waals surface area contributed by atoms with Crippen LogP contribution in [0.2, 0.25) is 5.02 Å². The van der Waals surface area contributed by atoms with Crippen LogP contribution in [0.25, 0.3) is 11.2 Å². The Labute approximate surface area is 199 Å². The highest BCUT2D eigenvalue weighted by molar-refractivity contribution is 6.33. The Morgan fingerprint density at radius 3 is 2.65 bits per heavy atom. The van der Waals surface area contributed by atoms with Crippen LogP contribution in [0.5, 0.6) is 0 Å². The molecule has 1 amide bonds. The van der Waals surface area contributed by atoms with E-state index in [9.17, 15) is 13.6 Å². The first-order chi connectivity index (χ1) is 16.4. The summed E-state index contributed by atoms with van der Waals surface area (Å²) in [6, 6.07) is 1.83. The second kappa shape index (κ2) is 9.30. The molecule has 4 N–H and O–H groups in total. The Kier molecular flexibility index (Phi) is 6.22. The van der Waals surface area contributed by atoms with E-state index >= 15 is 0 Å². The number of anilines is 3. The van der Waals surface area contributed by atoms with Crippen LogP contribution in [-0.4, -0.2) is 44.7 Å². The van der Waals surface area contributed by atoms with Crippen molar-refractivity contribution in [3.8, 4) is 0 Å². The Morgan fingerprint density at radius 1 is 1.18 bits per heavy atom. The number of nitrogens with two attached hydrogens (primary N) is 1. The number of aromatic nitrogens is 4. The molecule has 1 saturated heterocycles. The fraction of sp³-hybridized carbons (Fsp3) is 0.455. The van der Waals surface area contributed by atoms with Crippen molar-refractivity contribution in [1.29, 1.82) is 0 Å². The molecule has 34 heavy (non-hydrogen) atoms. The van der Waals surface area contributed by atoms with Gasteiger partial charge in [0.1, 0.15) is 11.3 Å². The molecule has 12 heteroatoms. The number of hydrogen-bond acceptors (Lipinski definition) is 7. The van der Waals surface area contributed by atoms with Crippen LogP contribution in [0.4, 0.5) is 26.4 Å². The highest BCUT2D eigenvalue weighted by atomic mass is 35.5. The molecule has 2 aliphatic rings. The van der Waals surface area contributed by atoms with Crippen LogP contribution >= 0.6 is 11.6 Å². The molecule has 180 valence electrons. The van der Waals surface area contributed by atoms with Gasteiger partial charge in [-0.1, -0.05) is 11.6 Å². The first kappa shape index (κ1) is 22.7. The molecule has 5 rings (SSSR count). The number of fused-ring (bicyclic) bond motifs is 1. The zero-order valence-electron chi connectivity index (χ0n) is 18.2. The van der Waals surface area contributed by atoms with Gasteiger partial charge in [-0.2, -0.15) is 4.98 Å². The Morgan fingerprint density at radius 2 is 1.97 bits per heavy atom. The number of nitrogens with zero attached hydrogens (tertiary/aromatic N) is 4. The number of carbonyl (C=O) groups excluding carboxylic acids is 1. The van der Waals surface area contributed by atoms with Crippen LogP contribution < -0.4 is 16.4 Å². The van der Waals surface area contributed by atoms with Gasteiger partial charge >= 0.3 is 0 Å². The molecule has 0 bridgehead atoms. The first-order valence-corrected chi connectivity index (χ1v) is 11.6. The molecule has 1 atom stereocenters. The van der Waals surface area contributed by atoms with E-state index in [1.807, 2.05) is 4.57 Å². The number of imidazole rings is 1. The first-order valence-electron chi connectivity index (χ1n) is 11.2. The third-order valence-electron chi connectivity index (χ3n) is 6.40. The highest BCUT2D eigenvalue weighted by Crippen LogP contribution is 2.38. The molecule has 0 radical (unpaired) electrons. The predicted molar refractivity (Wildman–Crippen MR) is 123 cm³/mol. The fourth-order valence-corrected chi connectivity index (χ4v) is 4.86. The number of nitrogens with one attached hydrogen (secondary N) is 2. The highest BCUT2D eigenvalue weighted by Gasteiger charge is 2.30. The second-order valence-electron chi connectivity index (χ2n) is 8.69. The quantitative estimate of drug-likeness (QED) is 0.478. The topological polar surface area (TPSA) is 120 Å². The molecule has 3 heterocycles. The summed E-state index contributed by atoms with van der Waals surface area (Å²) in [4.78, 5) is 25.3. The van der Waals surface area contributed by atoms with Gasteiger partial charge in [0.25, 0.3) is 0 Å². The van der Waals surface area contributed by atoms with E-state index in [0.29, 0.717) is 62.0 Å².